The van der Waals surface area contributed by atoms with E-state index >= 15 is 0 Å². The van der Waals surface area contributed by atoms with E-state index in [-0.39, 0.29) is 0 Å². The number of rotatable bonds is 6. The van der Waals surface area contributed by atoms with Crippen LogP contribution in [-0.2, 0) is 12.7 Å². The van der Waals surface area contributed by atoms with Crippen LogP contribution in [0.3, 0.4) is 0 Å². The summed E-state index contributed by atoms with van der Waals surface area (Å²) < 4.78 is 17.5. The summed E-state index contributed by atoms with van der Waals surface area (Å²) in [6, 6.07) is 0. The van der Waals surface area contributed by atoms with Crippen LogP contribution in [0.15, 0.2) is 12.3 Å². The van der Waals surface area contributed by atoms with Crippen molar-refractivity contribution in [2.24, 2.45) is 0 Å². The fraction of sp³-hybridized carbons (Fsp3) is 0.778. The van der Waals surface area contributed by atoms with Crippen LogP contribution in [0.5, 0.6) is 0 Å². The lowest BCUT2D eigenvalue weighted by Gasteiger charge is -2.36. The zero-order valence-corrected chi connectivity index (χ0v) is 14.0. The molecule has 0 saturated heterocycles. The van der Waals surface area contributed by atoms with Crippen molar-refractivity contribution in [1.82, 2.24) is 0 Å². The molecule has 0 saturated carbocycles. The minimum Gasteiger partial charge on any atom is -0.437 e. The van der Waals surface area contributed by atoms with Gasteiger partial charge in [-0.1, -0.05) is 5.70 Å². The van der Waals surface area contributed by atoms with E-state index in [1.165, 1.54) is 0 Å². The van der Waals surface area contributed by atoms with E-state index in [0.29, 0.717) is 0 Å². The van der Waals surface area contributed by atoms with Gasteiger partial charge in [0, 0.05) is 7.11 Å². The molecule has 15 heavy (non-hydrogen) atoms. The first-order valence-corrected chi connectivity index (χ1v) is 13.7. The summed E-state index contributed by atoms with van der Waals surface area (Å²) in [5.41, 5.74) is 1.80. The Morgan fingerprint density at radius 3 is 1.67 bits per heavy atom. The Morgan fingerprint density at radius 1 is 0.933 bits per heavy atom. The molecule has 90 valence electrons. The quantitative estimate of drug-likeness (QED) is 0.690. The average Bonchev–Trinajstić information content (AvgIpc) is 1.98. The molecule has 0 aliphatic carbocycles. The maximum Gasteiger partial charge on any atom is 0.352 e. The smallest absolute Gasteiger partial charge is 0.352 e. The third kappa shape index (κ3) is 6.44. The highest BCUT2D eigenvalue weighted by atomic mass is 28.5. The van der Waals surface area contributed by atoms with Gasteiger partial charge in [-0.3, -0.25) is 0 Å². The maximum atomic E-state index is 6.09. The van der Waals surface area contributed by atoms with Gasteiger partial charge in [-0.05, 0) is 39.3 Å². The van der Waals surface area contributed by atoms with Crippen LogP contribution in [0, 0.1) is 0 Å². The standard InChI is InChI=1S/C9H24O3Si3/c1-9-15(8,10-2)12-14(6,7)11-13(3,4)5/h9H,1H2,2-8H3. The minimum atomic E-state index is -2.21. The topological polar surface area (TPSA) is 27.7 Å². The average molecular weight is 265 g/mol. The lowest BCUT2D eigenvalue weighted by Crippen LogP contribution is -2.52. The van der Waals surface area contributed by atoms with Crippen LogP contribution in [0.1, 0.15) is 0 Å². The lowest BCUT2D eigenvalue weighted by molar-refractivity contribution is 0.285. The lowest BCUT2D eigenvalue weighted by atomic mass is 11.3. The molecular weight excluding hydrogens is 240 g/mol. The van der Waals surface area contributed by atoms with Crippen molar-refractivity contribution in [3.63, 3.8) is 0 Å². The third-order valence-electron chi connectivity index (χ3n) is 1.78. The monoisotopic (exact) mass is 264 g/mol. The van der Waals surface area contributed by atoms with Crippen LogP contribution in [-0.4, -0.2) is 32.5 Å². The van der Waals surface area contributed by atoms with E-state index in [1.807, 2.05) is 6.55 Å². The molecule has 3 nitrogen and oxygen atoms in total. The van der Waals surface area contributed by atoms with Crippen molar-refractivity contribution < 1.29 is 12.7 Å². The van der Waals surface area contributed by atoms with Crippen LogP contribution in [0.4, 0.5) is 0 Å². The SMILES string of the molecule is C=C[Si](C)(OC)O[Si](C)(C)O[Si](C)(C)C. The fourth-order valence-corrected chi connectivity index (χ4v) is 12.6. The Balaban J connectivity index is 4.55. The van der Waals surface area contributed by atoms with Crippen molar-refractivity contribution in [2.45, 2.75) is 39.3 Å². The van der Waals surface area contributed by atoms with Crippen LogP contribution >= 0.6 is 0 Å². The van der Waals surface area contributed by atoms with Gasteiger partial charge < -0.3 is 12.7 Å². The Bertz CT molecular complexity index is 225. The summed E-state index contributed by atoms with van der Waals surface area (Å²) >= 11 is 0. The third-order valence-corrected chi connectivity index (χ3v) is 11.3. The van der Waals surface area contributed by atoms with Gasteiger partial charge >= 0.3 is 17.1 Å². The van der Waals surface area contributed by atoms with E-state index in [2.05, 4.69) is 39.3 Å². The highest BCUT2D eigenvalue weighted by Crippen LogP contribution is 2.20. The molecule has 0 bridgehead atoms. The summed E-state index contributed by atoms with van der Waals surface area (Å²) in [6.45, 7) is 16.4. The van der Waals surface area contributed by atoms with E-state index in [4.69, 9.17) is 12.7 Å². The van der Waals surface area contributed by atoms with Gasteiger partial charge in [0.1, 0.15) is 0 Å². The molecule has 0 aromatic carbocycles. The van der Waals surface area contributed by atoms with Crippen molar-refractivity contribution in [3.05, 3.63) is 12.3 Å². The zero-order chi connectivity index (χ0) is 12.3. The molecule has 0 spiro atoms. The molecule has 0 aromatic rings. The molecule has 0 aliphatic rings. The van der Waals surface area contributed by atoms with Gasteiger partial charge in [-0.15, -0.1) is 6.58 Å². The van der Waals surface area contributed by atoms with E-state index in [1.54, 1.807) is 12.8 Å². The van der Waals surface area contributed by atoms with Gasteiger partial charge in [0.15, 0.2) is 8.32 Å². The zero-order valence-electron chi connectivity index (χ0n) is 11.0. The van der Waals surface area contributed by atoms with E-state index in [0.717, 1.165) is 0 Å². The number of hydrogen-bond donors (Lipinski definition) is 0. The summed E-state index contributed by atoms with van der Waals surface area (Å²) in [4.78, 5) is 0. The highest BCUT2D eigenvalue weighted by molar-refractivity contribution is 6.87. The molecule has 1 unspecified atom stereocenters. The van der Waals surface area contributed by atoms with Crippen molar-refractivity contribution >= 4 is 25.4 Å². The van der Waals surface area contributed by atoms with Crippen LogP contribution < -0.4 is 0 Å². The normalized spacial score (nSPS) is 17.3. The number of hydrogen-bond acceptors (Lipinski definition) is 3. The van der Waals surface area contributed by atoms with Crippen LogP contribution in [0.2, 0.25) is 39.3 Å². The summed E-state index contributed by atoms with van der Waals surface area (Å²) in [6.07, 6.45) is 0. The molecule has 0 fully saturated rings. The van der Waals surface area contributed by atoms with E-state index in [9.17, 15) is 0 Å². The second-order valence-corrected chi connectivity index (χ2v) is 16.6. The first-order valence-electron chi connectivity index (χ1n) is 5.13. The van der Waals surface area contributed by atoms with Crippen molar-refractivity contribution in [2.75, 3.05) is 7.11 Å². The second kappa shape index (κ2) is 5.07. The first-order chi connectivity index (χ1) is 6.54. The summed E-state index contributed by atoms with van der Waals surface area (Å²) in [7, 11) is -4.17. The van der Waals surface area contributed by atoms with Gasteiger partial charge in [0.25, 0.3) is 0 Å². The maximum absolute atomic E-state index is 6.09. The molecule has 0 rings (SSSR count). The summed E-state index contributed by atoms with van der Waals surface area (Å²) in [5.74, 6) is 0. The molecule has 0 radical (unpaired) electrons. The first kappa shape index (κ1) is 15.3. The molecule has 6 heteroatoms. The Labute approximate surface area is 97.1 Å². The Kier molecular flexibility index (Phi) is 5.16. The Morgan fingerprint density at radius 2 is 1.40 bits per heavy atom. The van der Waals surface area contributed by atoms with Gasteiger partial charge in [0.05, 0.1) is 0 Å². The highest BCUT2D eigenvalue weighted by Gasteiger charge is 2.39. The van der Waals surface area contributed by atoms with Gasteiger partial charge in [0.2, 0.25) is 0 Å². The predicted molar refractivity (Wildman–Crippen MR) is 71.8 cm³/mol. The molecule has 0 aromatic heterocycles. The molecule has 0 N–H and O–H groups in total. The largest absolute Gasteiger partial charge is 0.437 e. The summed E-state index contributed by atoms with van der Waals surface area (Å²) in [5, 5.41) is 0. The van der Waals surface area contributed by atoms with Crippen molar-refractivity contribution in [3.8, 4) is 0 Å². The fourth-order valence-electron chi connectivity index (χ4n) is 1.41. The van der Waals surface area contributed by atoms with Crippen molar-refractivity contribution in [1.29, 1.82) is 0 Å². The van der Waals surface area contributed by atoms with Gasteiger partial charge in [-0.25, -0.2) is 0 Å². The molecule has 0 amide bonds. The molecular formula is C9H24O3Si3. The predicted octanol–water partition coefficient (Wildman–Crippen LogP) is 3.00. The minimum absolute atomic E-state index is 1.55. The molecule has 0 heterocycles. The van der Waals surface area contributed by atoms with E-state index < -0.39 is 25.4 Å². The molecule has 1 atom stereocenters. The Hall–Kier alpha value is 0.271. The molecule has 0 aliphatic heterocycles. The van der Waals surface area contributed by atoms with Gasteiger partial charge in [-0.2, -0.15) is 0 Å². The van der Waals surface area contributed by atoms with Crippen LogP contribution in [0.25, 0.3) is 0 Å². The second-order valence-electron chi connectivity index (χ2n) is 5.14.